The molecule has 0 aromatic heterocycles. The Kier molecular flexibility index (Phi) is 9.79. The highest BCUT2D eigenvalue weighted by Gasteiger charge is 2.20. The van der Waals surface area contributed by atoms with E-state index in [0.29, 0.717) is 6.42 Å². The van der Waals surface area contributed by atoms with Crippen LogP contribution in [0.4, 0.5) is 0 Å². The van der Waals surface area contributed by atoms with E-state index in [1.807, 2.05) is 13.8 Å². The van der Waals surface area contributed by atoms with Gasteiger partial charge in [0.2, 0.25) is 17.7 Å². The zero-order valence-electron chi connectivity index (χ0n) is 11.4. The molecule has 7 heteroatoms. The van der Waals surface area contributed by atoms with Crippen molar-refractivity contribution in [3.63, 3.8) is 0 Å². The highest BCUT2D eigenvalue weighted by atomic mass is 16.2. The fraction of sp³-hybridized carbons (Fsp3) is 0.727. The smallest absolute Gasteiger partial charge is 0.239 e. The maximum absolute atomic E-state index is 11.3. The van der Waals surface area contributed by atoms with Gasteiger partial charge in [0.1, 0.15) is 6.04 Å². The molecule has 7 N–H and O–H groups in total. The van der Waals surface area contributed by atoms with Crippen molar-refractivity contribution in [2.24, 2.45) is 23.1 Å². The molecule has 0 radical (unpaired) electrons. The first-order valence-corrected chi connectivity index (χ1v) is 5.77. The van der Waals surface area contributed by atoms with Gasteiger partial charge in [-0.05, 0) is 12.8 Å². The van der Waals surface area contributed by atoms with Crippen LogP contribution in [0.15, 0.2) is 0 Å². The average molecular weight is 260 g/mol. The molecule has 0 aliphatic heterocycles. The minimum Gasteiger partial charge on any atom is -0.370 e. The topological polar surface area (TPSA) is 141 Å². The monoisotopic (exact) mass is 260 g/mol. The first-order chi connectivity index (χ1) is 8.13. The van der Waals surface area contributed by atoms with Crippen molar-refractivity contribution >= 4 is 17.7 Å². The van der Waals surface area contributed by atoms with Crippen molar-refractivity contribution in [3.8, 4) is 0 Å². The molecule has 106 valence electrons. The van der Waals surface area contributed by atoms with Gasteiger partial charge in [-0.3, -0.25) is 14.4 Å². The van der Waals surface area contributed by atoms with Crippen LogP contribution in [-0.2, 0) is 14.4 Å². The minimum absolute atomic E-state index is 0.0417. The molecule has 0 rings (SSSR count). The molecule has 0 fully saturated rings. The van der Waals surface area contributed by atoms with Gasteiger partial charge in [0, 0.05) is 6.42 Å². The minimum atomic E-state index is -0.669. The van der Waals surface area contributed by atoms with Crippen LogP contribution in [0.2, 0.25) is 0 Å². The predicted molar refractivity (Wildman–Crippen MR) is 69.1 cm³/mol. The van der Waals surface area contributed by atoms with E-state index >= 15 is 0 Å². The van der Waals surface area contributed by atoms with E-state index in [-0.39, 0.29) is 17.7 Å². The zero-order chi connectivity index (χ0) is 14.9. The normalized spacial score (nSPS) is 13.0. The summed E-state index contributed by atoms with van der Waals surface area (Å²) < 4.78 is 0. The van der Waals surface area contributed by atoms with Crippen LogP contribution < -0.4 is 22.5 Å². The van der Waals surface area contributed by atoms with Crippen LogP contribution in [0.1, 0.15) is 34.1 Å². The lowest BCUT2D eigenvalue weighted by atomic mass is 10.0. The molecular weight excluding hydrogens is 236 g/mol. The third-order valence-electron chi connectivity index (χ3n) is 2.15. The Labute approximate surface area is 107 Å². The lowest BCUT2D eigenvalue weighted by Gasteiger charge is -2.17. The molecule has 0 aromatic rings. The van der Waals surface area contributed by atoms with Crippen LogP contribution in [-0.4, -0.2) is 29.8 Å². The summed E-state index contributed by atoms with van der Waals surface area (Å²) in [5.74, 6) is -1.12. The quantitative estimate of drug-likeness (QED) is 0.494. The van der Waals surface area contributed by atoms with Gasteiger partial charge in [-0.2, -0.15) is 0 Å². The van der Waals surface area contributed by atoms with Crippen molar-refractivity contribution in [2.75, 3.05) is 0 Å². The van der Waals surface area contributed by atoms with Crippen molar-refractivity contribution in [1.82, 2.24) is 5.32 Å². The van der Waals surface area contributed by atoms with E-state index in [0.717, 1.165) is 0 Å². The second-order valence-electron chi connectivity index (χ2n) is 4.22. The van der Waals surface area contributed by atoms with E-state index in [4.69, 9.17) is 11.5 Å². The number of nitrogens with two attached hydrogens (primary N) is 3. The SMILES string of the molecule is CC(NC(=O)C(N)C(C)C)C(N)=O.CCC(N)=O. The molecule has 0 aliphatic rings. The van der Waals surface area contributed by atoms with Crippen molar-refractivity contribution < 1.29 is 14.4 Å². The Morgan fingerprint density at radius 2 is 1.50 bits per heavy atom. The van der Waals surface area contributed by atoms with E-state index in [1.54, 1.807) is 6.92 Å². The molecule has 7 nitrogen and oxygen atoms in total. The fourth-order valence-electron chi connectivity index (χ4n) is 0.683. The summed E-state index contributed by atoms with van der Waals surface area (Å²) in [5.41, 5.74) is 15.2. The average Bonchev–Trinajstić information content (AvgIpc) is 2.28. The molecular formula is C11H24N4O3. The molecule has 0 heterocycles. The third kappa shape index (κ3) is 9.59. The Balaban J connectivity index is 0. The second-order valence-corrected chi connectivity index (χ2v) is 4.22. The molecule has 0 bridgehead atoms. The van der Waals surface area contributed by atoms with Gasteiger partial charge in [-0.25, -0.2) is 0 Å². The van der Waals surface area contributed by atoms with Gasteiger partial charge in [-0.15, -0.1) is 0 Å². The maximum Gasteiger partial charge on any atom is 0.239 e. The van der Waals surface area contributed by atoms with E-state index in [9.17, 15) is 14.4 Å². The fourth-order valence-corrected chi connectivity index (χ4v) is 0.683. The molecule has 0 spiro atoms. The van der Waals surface area contributed by atoms with E-state index < -0.39 is 18.0 Å². The van der Waals surface area contributed by atoms with Gasteiger partial charge in [-0.1, -0.05) is 20.8 Å². The highest BCUT2D eigenvalue weighted by molar-refractivity contribution is 5.88. The number of nitrogens with one attached hydrogen (secondary N) is 1. The van der Waals surface area contributed by atoms with Crippen LogP contribution in [0.5, 0.6) is 0 Å². The summed E-state index contributed by atoms with van der Waals surface area (Å²) in [5, 5.41) is 2.42. The van der Waals surface area contributed by atoms with Gasteiger partial charge >= 0.3 is 0 Å². The summed E-state index contributed by atoms with van der Waals surface area (Å²) in [7, 11) is 0. The van der Waals surface area contributed by atoms with Crippen LogP contribution in [0.3, 0.4) is 0 Å². The van der Waals surface area contributed by atoms with Crippen molar-refractivity contribution in [1.29, 1.82) is 0 Å². The molecule has 0 aliphatic carbocycles. The van der Waals surface area contributed by atoms with E-state index in [2.05, 4.69) is 11.1 Å². The third-order valence-corrected chi connectivity index (χ3v) is 2.15. The zero-order valence-corrected chi connectivity index (χ0v) is 11.4. The first kappa shape index (κ1) is 18.7. The molecule has 2 unspecified atom stereocenters. The lowest BCUT2D eigenvalue weighted by molar-refractivity contribution is -0.128. The van der Waals surface area contributed by atoms with Crippen LogP contribution in [0, 0.1) is 5.92 Å². The largest absolute Gasteiger partial charge is 0.370 e. The molecule has 0 saturated carbocycles. The number of carbonyl (C=O) groups is 3. The summed E-state index contributed by atoms with van der Waals surface area (Å²) in [4.78, 5) is 31.4. The second kappa shape index (κ2) is 9.41. The summed E-state index contributed by atoms with van der Waals surface area (Å²) >= 11 is 0. The summed E-state index contributed by atoms with van der Waals surface area (Å²) in [6.07, 6.45) is 0.444. The Morgan fingerprint density at radius 3 is 1.72 bits per heavy atom. The van der Waals surface area contributed by atoms with Gasteiger partial charge < -0.3 is 22.5 Å². The molecule has 0 aromatic carbocycles. The summed E-state index contributed by atoms with van der Waals surface area (Å²) in [6, 6.07) is -1.26. The number of carbonyl (C=O) groups excluding carboxylic acids is 3. The predicted octanol–water partition coefficient (Wildman–Crippen LogP) is -1.16. The number of rotatable bonds is 5. The number of amides is 3. The lowest BCUT2D eigenvalue weighted by Crippen LogP contribution is -2.50. The first-order valence-electron chi connectivity index (χ1n) is 5.77. The van der Waals surface area contributed by atoms with Gasteiger partial charge in [0.05, 0.1) is 6.04 Å². The van der Waals surface area contributed by atoms with Crippen LogP contribution in [0.25, 0.3) is 0 Å². The number of primary amides is 2. The van der Waals surface area contributed by atoms with Crippen LogP contribution >= 0.6 is 0 Å². The summed E-state index contributed by atoms with van der Waals surface area (Å²) in [6.45, 7) is 6.91. The molecule has 18 heavy (non-hydrogen) atoms. The van der Waals surface area contributed by atoms with Crippen molar-refractivity contribution in [2.45, 2.75) is 46.2 Å². The standard InChI is InChI=1S/C8H17N3O2.C3H7NO/c1-4(2)6(9)8(13)11-5(3)7(10)12;1-2-3(4)5/h4-6H,9H2,1-3H3,(H2,10,12)(H,11,13);2H2,1H3,(H2,4,5). The number of hydrogen-bond acceptors (Lipinski definition) is 4. The van der Waals surface area contributed by atoms with Gasteiger partial charge in [0.25, 0.3) is 0 Å². The Morgan fingerprint density at radius 1 is 1.11 bits per heavy atom. The molecule has 3 amide bonds. The van der Waals surface area contributed by atoms with E-state index in [1.165, 1.54) is 6.92 Å². The van der Waals surface area contributed by atoms with Gasteiger partial charge in [0.15, 0.2) is 0 Å². The molecule has 0 saturated heterocycles. The Hall–Kier alpha value is -1.63. The van der Waals surface area contributed by atoms with Crippen molar-refractivity contribution in [3.05, 3.63) is 0 Å². The number of hydrogen-bond donors (Lipinski definition) is 4. The highest BCUT2D eigenvalue weighted by Crippen LogP contribution is 1.98. The Bertz CT molecular complexity index is 292. The molecule has 2 atom stereocenters. The maximum atomic E-state index is 11.3.